The number of esters is 1. The van der Waals surface area contributed by atoms with Crippen LogP contribution < -0.4 is 4.90 Å². The lowest BCUT2D eigenvalue weighted by molar-refractivity contribution is -0.139. The van der Waals surface area contributed by atoms with Crippen LogP contribution in [0.1, 0.15) is 67.9 Å². The summed E-state index contributed by atoms with van der Waals surface area (Å²) in [5, 5.41) is 0. The Balaban J connectivity index is 2.57. The molecule has 0 saturated heterocycles. The molecule has 0 radical (unpaired) electrons. The molecule has 5 heteroatoms. The zero-order chi connectivity index (χ0) is 18.2. The first-order chi connectivity index (χ1) is 11.1. The normalized spacial score (nSPS) is 18.8. The molecule has 1 unspecified atom stereocenters. The van der Waals surface area contributed by atoms with E-state index >= 15 is 0 Å². The van der Waals surface area contributed by atoms with E-state index in [9.17, 15) is 14.4 Å². The number of hydrogen-bond donors (Lipinski definition) is 0. The summed E-state index contributed by atoms with van der Waals surface area (Å²) in [4.78, 5) is 37.9. The summed E-state index contributed by atoms with van der Waals surface area (Å²) in [7, 11) is 1.26. The summed E-state index contributed by atoms with van der Waals surface area (Å²) >= 11 is 0. The molecule has 1 aromatic rings. The van der Waals surface area contributed by atoms with Gasteiger partial charge in [-0.1, -0.05) is 13.0 Å². The van der Waals surface area contributed by atoms with Crippen LogP contribution in [-0.2, 0) is 14.3 Å². The topological polar surface area (TPSA) is 63.7 Å². The van der Waals surface area contributed by atoms with E-state index in [2.05, 4.69) is 11.7 Å². The minimum absolute atomic E-state index is 0.0524. The average Bonchev–Trinajstić information content (AvgIpc) is 2.45. The predicted molar refractivity (Wildman–Crippen MR) is 92.4 cm³/mol. The number of anilines is 1. The fourth-order valence-corrected chi connectivity index (χ4v) is 3.78. The Kier molecular flexibility index (Phi) is 4.83. The van der Waals surface area contributed by atoms with Gasteiger partial charge in [0.05, 0.1) is 7.11 Å². The Morgan fingerprint density at radius 3 is 2.46 bits per heavy atom. The van der Waals surface area contributed by atoms with Crippen molar-refractivity contribution in [3.63, 3.8) is 0 Å². The highest BCUT2D eigenvalue weighted by Crippen LogP contribution is 2.44. The quantitative estimate of drug-likeness (QED) is 0.484. The molecule has 0 saturated carbocycles. The molecule has 0 spiro atoms. The number of carbonyl (C=O) groups excluding carboxylic acids is 3. The van der Waals surface area contributed by atoms with Gasteiger partial charge in [-0.3, -0.25) is 14.4 Å². The number of ketones is 1. The van der Waals surface area contributed by atoms with Crippen LogP contribution in [0, 0.1) is 6.92 Å². The molecule has 0 aromatic heterocycles. The van der Waals surface area contributed by atoms with Crippen molar-refractivity contribution in [1.29, 1.82) is 0 Å². The molecule has 0 N–H and O–H groups in total. The van der Waals surface area contributed by atoms with Gasteiger partial charge in [-0.05, 0) is 50.3 Å². The maximum atomic E-state index is 12.4. The maximum absolute atomic E-state index is 12.4. The highest BCUT2D eigenvalue weighted by Gasteiger charge is 2.39. The van der Waals surface area contributed by atoms with Crippen molar-refractivity contribution in [2.24, 2.45) is 0 Å². The van der Waals surface area contributed by atoms with Gasteiger partial charge in [0.1, 0.15) is 6.42 Å². The van der Waals surface area contributed by atoms with E-state index in [0.717, 1.165) is 23.2 Å². The van der Waals surface area contributed by atoms with Crippen LogP contribution in [0.3, 0.4) is 0 Å². The third-order valence-corrected chi connectivity index (χ3v) is 4.70. The van der Waals surface area contributed by atoms with E-state index < -0.39 is 5.97 Å². The first kappa shape index (κ1) is 18.2. The third-order valence-electron chi connectivity index (χ3n) is 4.70. The average molecular weight is 331 g/mol. The fourth-order valence-electron chi connectivity index (χ4n) is 3.78. The van der Waals surface area contributed by atoms with Crippen LogP contribution >= 0.6 is 0 Å². The molecule has 0 aliphatic carbocycles. The molecule has 1 amide bonds. The molecule has 1 aromatic carbocycles. The minimum atomic E-state index is -0.561. The van der Waals surface area contributed by atoms with Crippen LogP contribution in [0.5, 0.6) is 0 Å². The van der Waals surface area contributed by atoms with Gasteiger partial charge in [-0.25, -0.2) is 0 Å². The van der Waals surface area contributed by atoms with E-state index in [1.165, 1.54) is 14.0 Å². The maximum Gasteiger partial charge on any atom is 0.313 e. The number of carbonyl (C=O) groups is 3. The number of benzene rings is 1. The van der Waals surface area contributed by atoms with Crippen LogP contribution in [0.4, 0.5) is 5.69 Å². The summed E-state index contributed by atoms with van der Waals surface area (Å²) in [6, 6.07) is 3.73. The molecule has 1 heterocycles. The van der Waals surface area contributed by atoms with Crippen LogP contribution in [0.25, 0.3) is 0 Å². The van der Waals surface area contributed by atoms with Crippen molar-refractivity contribution >= 4 is 23.3 Å². The Morgan fingerprint density at radius 1 is 1.29 bits per heavy atom. The summed E-state index contributed by atoms with van der Waals surface area (Å²) < 4.78 is 4.58. The Labute approximate surface area is 143 Å². The Hall–Kier alpha value is -2.17. The zero-order valence-electron chi connectivity index (χ0n) is 15.2. The van der Waals surface area contributed by atoms with E-state index in [1.807, 2.05) is 26.8 Å². The van der Waals surface area contributed by atoms with Gasteiger partial charge in [0, 0.05) is 23.7 Å². The molecule has 130 valence electrons. The lowest BCUT2D eigenvalue weighted by atomic mass is 9.78. The molecule has 1 aliphatic heterocycles. The number of Topliss-reactive ketones (excluding diaryl/α,β-unsaturated/α-hetero) is 1. The molecule has 24 heavy (non-hydrogen) atoms. The monoisotopic (exact) mass is 331 g/mol. The second kappa shape index (κ2) is 6.38. The Bertz CT molecular complexity index is 706. The Morgan fingerprint density at radius 2 is 1.92 bits per heavy atom. The van der Waals surface area contributed by atoms with Crippen molar-refractivity contribution in [2.45, 2.75) is 58.9 Å². The predicted octanol–water partition coefficient (Wildman–Crippen LogP) is 3.38. The molecular weight excluding hydrogens is 306 g/mol. The second-order valence-electron chi connectivity index (χ2n) is 7.17. The number of nitrogens with zero attached hydrogens (tertiary/aromatic N) is 1. The van der Waals surface area contributed by atoms with Crippen LogP contribution in [0.2, 0.25) is 0 Å². The van der Waals surface area contributed by atoms with Crippen molar-refractivity contribution in [3.05, 3.63) is 28.8 Å². The largest absolute Gasteiger partial charge is 0.469 e. The molecule has 5 nitrogen and oxygen atoms in total. The van der Waals surface area contributed by atoms with E-state index in [1.54, 1.807) is 11.0 Å². The highest BCUT2D eigenvalue weighted by molar-refractivity contribution is 6.08. The number of aryl methyl sites for hydroxylation is 1. The summed E-state index contributed by atoms with van der Waals surface area (Å²) in [5.41, 5.74) is 2.80. The molecular formula is C19H25NO4. The van der Waals surface area contributed by atoms with E-state index in [0.29, 0.717) is 5.56 Å². The summed E-state index contributed by atoms with van der Waals surface area (Å²) in [5.74, 6) is -0.617. The minimum Gasteiger partial charge on any atom is -0.469 e. The molecule has 1 aliphatic rings. The number of hydrogen-bond acceptors (Lipinski definition) is 4. The fraction of sp³-hybridized carbons (Fsp3) is 0.526. The highest BCUT2D eigenvalue weighted by atomic mass is 16.5. The van der Waals surface area contributed by atoms with Crippen molar-refractivity contribution in [2.75, 3.05) is 12.0 Å². The van der Waals surface area contributed by atoms with Crippen molar-refractivity contribution in [3.8, 4) is 0 Å². The zero-order valence-corrected chi connectivity index (χ0v) is 15.2. The van der Waals surface area contributed by atoms with Gasteiger partial charge in [0.15, 0.2) is 5.78 Å². The van der Waals surface area contributed by atoms with Gasteiger partial charge < -0.3 is 9.64 Å². The van der Waals surface area contributed by atoms with Crippen LogP contribution in [-0.4, -0.2) is 30.3 Å². The lowest BCUT2D eigenvalue weighted by Crippen LogP contribution is -2.50. The van der Waals surface area contributed by atoms with Gasteiger partial charge >= 0.3 is 5.97 Å². The first-order valence-electron chi connectivity index (χ1n) is 8.14. The van der Waals surface area contributed by atoms with Crippen LogP contribution in [0.15, 0.2) is 12.1 Å². The number of fused-ring (bicyclic) bond motifs is 1. The first-order valence-corrected chi connectivity index (χ1v) is 8.14. The van der Waals surface area contributed by atoms with Gasteiger partial charge in [-0.15, -0.1) is 0 Å². The number of ether oxygens (including phenoxy) is 1. The molecule has 2 rings (SSSR count). The van der Waals surface area contributed by atoms with Gasteiger partial charge in [0.2, 0.25) is 5.91 Å². The SMILES string of the molecule is COC(=O)CC(=O)c1cc2c(cc1C)C(C)CC(C)(C)N2C(C)=O. The third kappa shape index (κ3) is 3.21. The number of methoxy groups -OCH3 is 1. The van der Waals surface area contributed by atoms with Gasteiger partial charge in [-0.2, -0.15) is 0 Å². The molecule has 1 atom stereocenters. The van der Waals surface area contributed by atoms with Crippen molar-refractivity contribution in [1.82, 2.24) is 0 Å². The smallest absolute Gasteiger partial charge is 0.313 e. The summed E-state index contributed by atoms with van der Waals surface area (Å²) in [6.45, 7) is 9.59. The summed E-state index contributed by atoms with van der Waals surface area (Å²) in [6.07, 6.45) is 0.559. The number of amides is 1. The second-order valence-corrected chi connectivity index (χ2v) is 7.17. The van der Waals surface area contributed by atoms with E-state index in [-0.39, 0.29) is 29.6 Å². The standard InChI is InChI=1S/C19H25NO4/c1-11-7-14-12(2)10-19(4,5)20(13(3)21)16(14)8-15(11)17(22)9-18(23)24-6/h7-8,12H,9-10H2,1-6H3. The van der Waals surface area contributed by atoms with Crippen molar-refractivity contribution < 1.29 is 19.1 Å². The molecule has 0 fully saturated rings. The van der Waals surface area contributed by atoms with Gasteiger partial charge in [0.25, 0.3) is 0 Å². The lowest BCUT2D eigenvalue weighted by Gasteiger charge is -2.46. The number of rotatable bonds is 3. The van der Waals surface area contributed by atoms with E-state index in [4.69, 9.17) is 0 Å². The molecule has 0 bridgehead atoms.